The molecule has 2 bridgehead atoms. The second-order valence-corrected chi connectivity index (χ2v) is 8.42. The highest BCUT2D eigenvalue weighted by Gasteiger charge is 2.47. The van der Waals surface area contributed by atoms with Gasteiger partial charge in [-0.25, -0.2) is 4.68 Å². The van der Waals surface area contributed by atoms with E-state index in [1.807, 2.05) is 36.5 Å². The van der Waals surface area contributed by atoms with E-state index in [1.54, 1.807) is 10.9 Å². The first-order valence-electron chi connectivity index (χ1n) is 10.6. The van der Waals surface area contributed by atoms with E-state index in [2.05, 4.69) is 20.6 Å². The largest absolute Gasteiger partial charge is 0.350 e. The molecule has 1 aromatic heterocycles. The van der Waals surface area contributed by atoms with Crippen LogP contribution in [0.4, 0.5) is 0 Å². The number of carbonyl (C=O) groups is 2. The lowest BCUT2D eigenvalue weighted by Gasteiger charge is -2.54. The molecule has 7 nitrogen and oxygen atoms in total. The molecule has 0 aliphatic carbocycles. The molecule has 0 radical (unpaired) electrons. The van der Waals surface area contributed by atoms with Crippen molar-refractivity contribution in [3.8, 4) is 5.69 Å². The summed E-state index contributed by atoms with van der Waals surface area (Å²) >= 11 is 0. The lowest BCUT2D eigenvalue weighted by Crippen LogP contribution is -2.66. The Balaban J connectivity index is 1.35. The fourth-order valence-electron chi connectivity index (χ4n) is 5.47. The van der Waals surface area contributed by atoms with Crippen molar-refractivity contribution >= 4 is 11.8 Å². The maximum Gasteiger partial charge on any atom is 0.253 e. The average Bonchev–Trinajstić information content (AvgIpc) is 3.29. The zero-order valence-corrected chi connectivity index (χ0v) is 16.5. The third kappa shape index (κ3) is 3.33. The molecule has 0 saturated carbocycles. The molecule has 3 saturated heterocycles. The van der Waals surface area contributed by atoms with Crippen molar-refractivity contribution in [2.45, 2.75) is 37.8 Å². The Hall–Kier alpha value is -2.67. The first kappa shape index (κ1) is 18.4. The minimum Gasteiger partial charge on any atom is -0.350 e. The van der Waals surface area contributed by atoms with Crippen LogP contribution in [0.15, 0.2) is 42.7 Å². The molecule has 3 fully saturated rings. The first-order valence-corrected chi connectivity index (χ1v) is 10.6. The van der Waals surface area contributed by atoms with Crippen LogP contribution >= 0.6 is 0 Å². The smallest absolute Gasteiger partial charge is 0.253 e. The molecule has 0 unspecified atom stereocenters. The highest BCUT2D eigenvalue weighted by Crippen LogP contribution is 2.39. The van der Waals surface area contributed by atoms with Crippen LogP contribution in [0.25, 0.3) is 5.69 Å². The van der Waals surface area contributed by atoms with Crippen molar-refractivity contribution in [2.75, 3.05) is 19.6 Å². The van der Waals surface area contributed by atoms with Crippen molar-refractivity contribution < 1.29 is 9.59 Å². The summed E-state index contributed by atoms with van der Waals surface area (Å²) in [5.41, 5.74) is 1.35. The Morgan fingerprint density at radius 1 is 1.21 bits per heavy atom. The normalized spacial score (nSPS) is 28.7. The summed E-state index contributed by atoms with van der Waals surface area (Å²) in [5.74, 6) is 1.08. The van der Waals surface area contributed by atoms with Crippen molar-refractivity contribution in [3.63, 3.8) is 0 Å². The van der Waals surface area contributed by atoms with E-state index in [0.717, 1.165) is 38.0 Å². The van der Waals surface area contributed by atoms with Crippen LogP contribution in [0, 0.1) is 11.8 Å². The average molecular weight is 393 g/mol. The molecule has 2 aromatic rings. The molecule has 152 valence electrons. The van der Waals surface area contributed by atoms with Gasteiger partial charge in [0.25, 0.3) is 5.91 Å². The zero-order chi connectivity index (χ0) is 19.8. The molecule has 0 spiro atoms. The van der Waals surface area contributed by atoms with E-state index in [-0.39, 0.29) is 17.9 Å². The van der Waals surface area contributed by atoms with Crippen LogP contribution in [-0.2, 0) is 4.79 Å². The standard InChI is InChI=1S/C22H27N5O2/c28-21-8-3-7-18-15-11-16(13-23-12-15)20(27(18)21)14-24-22(29)17-5-1-2-6-19(17)26-10-4-9-25-26/h1-2,4-6,9-10,15-16,18,20,23H,3,7-8,11-14H2,(H,24,29)/t15-,16+,18+,20+/m1/s1. The number of hydrogen-bond acceptors (Lipinski definition) is 4. The molecule has 2 N–H and O–H groups in total. The fourth-order valence-corrected chi connectivity index (χ4v) is 5.47. The van der Waals surface area contributed by atoms with Crippen LogP contribution in [0.5, 0.6) is 0 Å². The quantitative estimate of drug-likeness (QED) is 0.827. The molecular weight excluding hydrogens is 366 g/mol. The number of aromatic nitrogens is 2. The zero-order valence-electron chi connectivity index (χ0n) is 16.5. The van der Waals surface area contributed by atoms with Crippen molar-refractivity contribution in [1.29, 1.82) is 0 Å². The van der Waals surface area contributed by atoms with E-state index < -0.39 is 0 Å². The number of hydrogen-bond donors (Lipinski definition) is 2. The number of para-hydroxylation sites is 1. The van der Waals surface area contributed by atoms with Gasteiger partial charge in [0.2, 0.25) is 5.91 Å². The van der Waals surface area contributed by atoms with Gasteiger partial charge in [-0.3, -0.25) is 9.59 Å². The summed E-state index contributed by atoms with van der Waals surface area (Å²) in [6, 6.07) is 9.70. The fraction of sp³-hybridized carbons (Fsp3) is 0.500. The third-order valence-corrected chi connectivity index (χ3v) is 6.77. The van der Waals surface area contributed by atoms with Crippen LogP contribution < -0.4 is 10.6 Å². The van der Waals surface area contributed by atoms with Gasteiger partial charge in [0, 0.05) is 37.9 Å². The first-order chi connectivity index (χ1) is 14.2. The van der Waals surface area contributed by atoms with Gasteiger partial charge in [-0.2, -0.15) is 5.10 Å². The third-order valence-electron chi connectivity index (χ3n) is 6.77. The van der Waals surface area contributed by atoms with E-state index in [1.165, 1.54) is 0 Å². The van der Waals surface area contributed by atoms with Crippen LogP contribution in [0.2, 0.25) is 0 Å². The van der Waals surface area contributed by atoms with E-state index in [9.17, 15) is 9.59 Å². The summed E-state index contributed by atoms with van der Waals surface area (Å²) in [5, 5.41) is 10.9. The number of amides is 2. The van der Waals surface area contributed by atoms with Gasteiger partial charge in [-0.05, 0) is 55.8 Å². The number of benzene rings is 1. The maximum atomic E-state index is 13.0. The van der Waals surface area contributed by atoms with Crippen LogP contribution in [0.1, 0.15) is 36.0 Å². The summed E-state index contributed by atoms with van der Waals surface area (Å²) in [6.07, 6.45) is 7.38. The number of carbonyl (C=O) groups excluding carboxylic acids is 2. The van der Waals surface area contributed by atoms with Gasteiger partial charge in [0.05, 0.1) is 17.3 Å². The molecule has 1 aromatic carbocycles. The molecule has 29 heavy (non-hydrogen) atoms. The number of nitrogens with zero attached hydrogens (tertiary/aromatic N) is 3. The topological polar surface area (TPSA) is 79.3 Å². The number of rotatable bonds is 4. The molecule has 3 aliphatic heterocycles. The summed E-state index contributed by atoms with van der Waals surface area (Å²) in [6.45, 7) is 2.41. The molecule has 4 heterocycles. The minimum absolute atomic E-state index is 0.0673. The van der Waals surface area contributed by atoms with Crippen molar-refractivity contribution in [2.24, 2.45) is 11.8 Å². The Morgan fingerprint density at radius 3 is 2.93 bits per heavy atom. The van der Waals surface area contributed by atoms with Crippen LogP contribution in [0.3, 0.4) is 0 Å². The predicted octanol–water partition coefficient (Wildman–Crippen LogP) is 1.59. The van der Waals surface area contributed by atoms with Gasteiger partial charge in [0.1, 0.15) is 0 Å². The van der Waals surface area contributed by atoms with E-state index in [0.29, 0.717) is 36.4 Å². The van der Waals surface area contributed by atoms with Crippen molar-refractivity contribution in [1.82, 2.24) is 25.3 Å². The second kappa shape index (κ2) is 7.63. The van der Waals surface area contributed by atoms with Crippen molar-refractivity contribution in [3.05, 3.63) is 48.3 Å². The SMILES string of the molecule is O=C(NC[C@H]1[C@@H]2CNC[C@@H](C2)[C@@H]2CCCC(=O)N21)c1ccccc1-n1cccn1. The summed E-state index contributed by atoms with van der Waals surface area (Å²) in [7, 11) is 0. The molecular formula is C22H27N5O2. The molecule has 7 heteroatoms. The Bertz CT molecular complexity index is 896. The number of fused-ring (bicyclic) bond motifs is 4. The molecule has 5 rings (SSSR count). The lowest BCUT2D eigenvalue weighted by molar-refractivity contribution is -0.148. The Labute approximate surface area is 170 Å². The molecule has 3 aliphatic rings. The van der Waals surface area contributed by atoms with E-state index in [4.69, 9.17) is 0 Å². The monoisotopic (exact) mass is 393 g/mol. The van der Waals surface area contributed by atoms with Gasteiger partial charge in [-0.15, -0.1) is 0 Å². The number of nitrogens with one attached hydrogen (secondary N) is 2. The van der Waals surface area contributed by atoms with Gasteiger partial charge >= 0.3 is 0 Å². The molecule has 4 atom stereocenters. The maximum absolute atomic E-state index is 13.0. The number of piperidine rings is 3. The highest BCUT2D eigenvalue weighted by molar-refractivity contribution is 5.97. The molecule has 2 amide bonds. The predicted molar refractivity (Wildman–Crippen MR) is 109 cm³/mol. The summed E-state index contributed by atoms with van der Waals surface area (Å²) in [4.78, 5) is 28.0. The second-order valence-electron chi connectivity index (χ2n) is 8.42. The minimum atomic E-state index is -0.122. The van der Waals surface area contributed by atoms with Gasteiger partial charge in [-0.1, -0.05) is 12.1 Å². The van der Waals surface area contributed by atoms with Gasteiger partial charge in [0.15, 0.2) is 0 Å². The van der Waals surface area contributed by atoms with Gasteiger partial charge < -0.3 is 15.5 Å². The lowest BCUT2D eigenvalue weighted by atomic mass is 9.72. The highest BCUT2D eigenvalue weighted by atomic mass is 16.2. The Kier molecular flexibility index (Phi) is 4.83. The van der Waals surface area contributed by atoms with Crippen LogP contribution in [-0.4, -0.2) is 58.2 Å². The summed E-state index contributed by atoms with van der Waals surface area (Å²) < 4.78 is 1.70. The van der Waals surface area contributed by atoms with E-state index >= 15 is 0 Å². The Morgan fingerprint density at radius 2 is 2.07 bits per heavy atom.